The van der Waals surface area contributed by atoms with Crippen molar-refractivity contribution in [1.82, 2.24) is 0 Å². The van der Waals surface area contributed by atoms with Crippen LogP contribution in [0.15, 0.2) is 41.0 Å². The van der Waals surface area contributed by atoms with Crippen molar-refractivity contribution < 1.29 is 9.34 Å². The minimum atomic E-state index is -0.555. The van der Waals surface area contributed by atoms with Gasteiger partial charge in [-0.3, -0.25) is 10.1 Å². The summed E-state index contributed by atoms with van der Waals surface area (Å²) in [6.07, 6.45) is 2.27. The van der Waals surface area contributed by atoms with Crippen LogP contribution in [-0.4, -0.2) is 11.0 Å². The maximum atomic E-state index is 10.9. The number of nitro groups is 1. The normalized spacial score (nSPS) is 11.6. The van der Waals surface area contributed by atoms with E-state index >= 15 is 0 Å². The number of nitro benzene ring substituents is 1. The zero-order valence-corrected chi connectivity index (χ0v) is 10.9. The third kappa shape index (κ3) is 3.14. The highest BCUT2D eigenvalue weighted by atomic mass is 16.6. The predicted octanol–water partition coefficient (Wildman–Crippen LogP) is 3.10. The predicted molar refractivity (Wildman–Crippen MR) is 73.3 cm³/mol. The first-order chi connectivity index (χ1) is 9.60. The van der Waals surface area contributed by atoms with Crippen molar-refractivity contribution in [2.24, 2.45) is 0 Å². The number of rotatable bonds is 5. The number of nitrogens with one attached hydrogen (secondary N) is 1. The van der Waals surface area contributed by atoms with Crippen LogP contribution in [0.4, 0.5) is 11.4 Å². The van der Waals surface area contributed by atoms with Gasteiger partial charge in [-0.05, 0) is 31.2 Å². The largest absolute Gasteiger partial charge is 0.469 e. The Balaban J connectivity index is 2.11. The molecule has 1 aromatic heterocycles. The van der Waals surface area contributed by atoms with Crippen LogP contribution in [-0.2, 0) is 6.42 Å². The number of nitrogens with zero attached hydrogens (tertiary/aromatic N) is 2. The van der Waals surface area contributed by atoms with E-state index in [4.69, 9.17) is 9.68 Å². The molecule has 0 bridgehead atoms. The number of hydrogen-bond donors (Lipinski definition) is 1. The number of furan rings is 1. The summed E-state index contributed by atoms with van der Waals surface area (Å²) in [5.74, 6) is 0.841. The van der Waals surface area contributed by atoms with Gasteiger partial charge in [0.25, 0.3) is 5.69 Å². The summed E-state index contributed by atoms with van der Waals surface area (Å²) in [6.45, 7) is 1.95. The van der Waals surface area contributed by atoms with Crippen LogP contribution in [0.2, 0.25) is 0 Å². The highest BCUT2D eigenvalue weighted by molar-refractivity contribution is 5.59. The molecular weight excluding hydrogens is 258 g/mol. The molecule has 6 nitrogen and oxygen atoms in total. The molecule has 1 unspecified atom stereocenters. The fourth-order valence-electron chi connectivity index (χ4n) is 1.93. The number of hydrogen-bond acceptors (Lipinski definition) is 5. The molecule has 2 aromatic rings. The lowest BCUT2D eigenvalue weighted by Crippen LogP contribution is -2.17. The van der Waals surface area contributed by atoms with Gasteiger partial charge in [0.05, 0.1) is 11.2 Å². The Hall–Kier alpha value is -2.81. The van der Waals surface area contributed by atoms with Crippen molar-refractivity contribution in [3.05, 3.63) is 58.0 Å². The van der Waals surface area contributed by atoms with Crippen LogP contribution >= 0.6 is 0 Å². The van der Waals surface area contributed by atoms with Crippen molar-refractivity contribution in [3.8, 4) is 6.07 Å². The van der Waals surface area contributed by atoms with Gasteiger partial charge in [-0.2, -0.15) is 5.26 Å². The Morgan fingerprint density at radius 3 is 2.90 bits per heavy atom. The van der Waals surface area contributed by atoms with E-state index in [9.17, 15) is 10.1 Å². The zero-order valence-electron chi connectivity index (χ0n) is 10.9. The molecule has 0 aliphatic rings. The van der Waals surface area contributed by atoms with Gasteiger partial charge in [0.2, 0.25) is 0 Å². The second-order valence-corrected chi connectivity index (χ2v) is 4.43. The summed E-state index contributed by atoms with van der Waals surface area (Å²) in [4.78, 5) is 10.3. The van der Waals surface area contributed by atoms with Gasteiger partial charge in [-0.25, -0.2) is 0 Å². The molecule has 0 aliphatic carbocycles. The first-order valence-electron chi connectivity index (χ1n) is 6.07. The van der Waals surface area contributed by atoms with Crippen molar-refractivity contribution in [2.75, 3.05) is 5.32 Å². The summed E-state index contributed by atoms with van der Waals surface area (Å²) in [5.41, 5.74) is 0.469. The van der Waals surface area contributed by atoms with Crippen molar-refractivity contribution in [3.63, 3.8) is 0 Å². The average molecular weight is 271 g/mol. The van der Waals surface area contributed by atoms with Gasteiger partial charge in [-0.1, -0.05) is 0 Å². The first-order valence-corrected chi connectivity index (χ1v) is 6.07. The van der Waals surface area contributed by atoms with Gasteiger partial charge >= 0.3 is 0 Å². The second-order valence-electron chi connectivity index (χ2n) is 4.43. The first kappa shape index (κ1) is 13.6. The molecule has 6 heteroatoms. The van der Waals surface area contributed by atoms with Crippen LogP contribution < -0.4 is 5.32 Å². The fourth-order valence-corrected chi connectivity index (χ4v) is 1.93. The Morgan fingerprint density at radius 1 is 1.50 bits per heavy atom. The third-order valence-electron chi connectivity index (χ3n) is 2.82. The van der Waals surface area contributed by atoms with Crippen molar-refractivity contribution in [2.45, 2.75) is 19.4 Å². The second kappa shape index (κ2) is 5.89. The van der Waals surface area contributed by atoms with E-state index in [-0.39, 0.29) is 17.3 Å². The minimum Gasteiger partial charge on any atom is -0.469 e. The van der Waals surface area contributed by atoms with Gasteiger partial charge in [0.1, 0.15) is 17.4 Å². The van der Waals surface area contributed by atoms with E-state index in [0.29, 0.717) is 12.1 Å². The zero-order chi connectivity index (χ0) is 14.5. The summed E-state index contributed by atoms with van der Waals surface area (Å²) < 4.78 is 5.25. The van der Waals surface area contributed by atoms with Crippen LogP contribution in [0.5, 0.6) is 0 Å². The SMILES string of the molecule is CC(Cc1ccco1)Nc1ccc(C#N)c([N+](=O)[O-])c1. The van der Waals surface area contributed by atoms with Gasteiger partial charge in [0.15, 0.2) is 0 Å². The van der Waals surface area contributed by atoms with Crippen LogP contribution in [0, 0.1) is 21.4 Å². The van der Waals surface area contributed by atoms with Gasteiger partial charge in [-0.15, -0.1) is 0 Å². The molecule has 0 saturated heterocycles. The molecule has 20 heavy (non-hydrogen) atoms. The fraction of sp³-hybridized carbons (Fsp3) is 0.214. The van der Waals surface area contributed by atoms with E-state index in [1.165, 1.54) is 12.1 Å². The van der Waals surface area contributed by atoms with E-state index in [1.807, 2.05) is 25.1 Å². The topological polar surface area (TPSA) is 92.1 Å². The standard InChI is InChI=1S/C14H13N3O3/c1-10(7-13-3-2-6-20-13)16-12-5-4-11(9-15)14(8-12)17(18)19/h2-6,8,10,16H,7H2,1H3. The van der Waals surface area contributed by atoms with E-state index < -0.39 is 4.92 Å². The highest BCUT2D eigenvalue weighted by Gasteiger charge is 2.15. The Labute approximate surface area is 115 Å². The molecule has 0 aliphatic heterocycles. The smallest absolute Gasteiger partial charge is 0.289 e. The van der Waals surface area contributed by atoms with E-state index in [2.05, 4.69) is 5.32 Å². The molecule has 1 heterocycles. The molecule has 0 radical (unpaired) electrons. The Bertz CT molecular complexity index is 644. The number of benzene rings is 1. The Morgan fingerprint density at radius 2 is 2.30 bits per heavy atom. The van der Waals surface area contributed by atoms with Gasteiger partial charge in [0, 0.05) is 24.2 Å². The molecule has 0 amide bonds. The summed E-state index contributed by atoms with van der Waals surface area (Å²) >= 11 is 0. The molecule has 1 atom stereocenters. The minimum absolute atomic E-state index is 0.0497. The third-order valence-corrected chi connectivity index (χ3v) is 2.82. The lowest BCUT2D eigenvalue weighted by atomic mass is 10.1. The maximum absolute atomic E-state index is 10.9. The highest BCUT2D eigenvalue weighted by Crippen LogP contribution is 2.23. The number of nitriles is 1. The molecule has 2 rings (SSSR count). The van der Waals surface area contributed by atoms with Crippen molar-refractivity contribution in [1.29, 1.82) is 5.26 Å². The molecule has 1 N–H and O–H groups in total. The molecule has 102 valence electrons. The molecule has 0 fully saturated rings. The van der Waals surface area contributed by atoms with Crippen LogP contribution in [0.3, 0.4) is 0 Å². The molecule has 1 aromatic carbocycles. The monoisotopic (exact) mass is 271 g/mol. The number of anilines is 1. The maximum Gasteiger partial charge on any atom is 0.289 e. The van der Waals surface area contributed by atoms with E-state index in [0.717, 1.165) is 5.76 Å². The van der Waals surface area contributed by atoms with Crippen LogP contribution in [0.1, 0.15) is 18.2 Å². The van der Waals surface area contributed by atoms with Crippen LogP contribution in [0.25, 0.3) is 0 Å². The molecule has 0 saturated carbocycles. The van der Waals surface area contributed by atoms with Crippen molar-refractivity contribution >= 4 is 11.4 Å². The summed E-state index contributed by atoms with van der Waals surface area (Å²) in [7, 11) is 0. The summed E-state index contributed by atoms with van der Waals surface area (Å²) in [5, 5.41) is 22.9. The quantitative estimate of drug-likeness (QED) is 0.666. The Kier molecular flexibility index (Phi) is 4.01. The average Bonchev–Trinajstić information content (AvgIpc) is 2.91. The van der Waals surface area contributed by atoms with Gasteiger partial charge < -0.3 is 9.73 Å². The van der Waals surface area contributed by atoms with E-state index in [1.54, 1.807) is 12.3 Å². The molecule has 0 spiro atoms. The lowest BCUT2D eigenvalue weighted by Gasteiger charge is -2.14. The molecular formula is C14H13N3O3. The summed E-state index contributed by atoms with van der Waals surface area (Å²) in [6, 6.07) is 10.0. The lowest BCUT2D eigenvalue weighted by molar-refractivity contribution is -0.385.